The molecule has 1 aromatic rings. The van der Waals surface area contributed by atoms with Gasteiger partial charge in [-0.05, 0) is 33.6 Å². The first-order chi connectivity index (χ1) is 10.4. The third-order valence-corrected chi connectivity index (χ3v) is 3.98. The molecule has 1 atom stereocenters. The number of carbonyl (C=O) groups excluding carboxylic acids is 1. The summed E-state index contributed by atoms with van der Waals surface area (Å²) in [5.41, 5.74) is 0.766. The summed E-state index contributed by atoms with van der Waals surface area (Å²) >= 11 is 3.36. The summed E-state index contributed by atoms with van der Waals surface area (Å²) < 4.78 is 37.2. The second-order valence-electron chi connectivity index (χ2n) is 5.02. The summed E-state index contributed by atoms with van der Waals surface area (Å²) in [4.78, 5) is 11.9. The molecule has 1 unspecified atom stereocenters. The van der Waals surface area contributed by atoms with Crippen LogP contribution in [-0.4, -0.2) is 38.6 Å². The topological polar surface area (TPSA) is 59.6 Å². The van der Waals surface area contributed by atoms with Crippen molar-refractivity contribution in [2.75, 3.05) is 20.8 Å². The van der Waals surface area contributed by atoms with Crippen LogP contribution < -0.4 is 20.1 Å². The van der Waals surface area contributed by atoms with Crippen molar-refractivity contribution < 1.29 is 23.0 Å². The number of amides is 1. The van der Waals surface area contributed by atoms with E-state index in [4.69, 9.17) is 9.47 Å². The molecule has 0 radical (unpaired) electrons. The zero-order valence-corrected chi connectivity index (χ0v) is 15.0. The Morgan fingerprint density at radius 2 is 2.13 bits per heavy atom. The number of alkyl halides is 2. The average Bonchev–Trinajstić information content (AvgIpc) is 2.84. The van der Waals surface area contributed by atoms with Crippen molar-refractivity contribution in [1.29, 1.82) is 0 Å². The van der Waals surface area contributed by atoms with Gasteiger partial charge in [-0.2, -0.15) is 0 Å². The van der Waals surface area contributed by atoms with Crippen LogP contribution in [0.2, 0.25) is 0 Å². The van der Waals surface area contributed by atoms with Gasteiger partial charge in [0.25, 0.3) is 5.92 Å². The Morgan fingerprint density at radius 3 is 2.65 bits per heavy atom. The maximum Gasteiger partial charge on any atom is 0.262 e. The normalized spacial score (nSPS) is 18.9. The van der Waals surface area contributed by atoms with Gasteiger partial charge in [-0.3, -0.25) is 10.1 Å². The third-order valence-electron chi connectivity index (χ3n) is 3.39. The number of hydrogen-bond acceptors (Lipinski definition) is 4. The fourth-order valence-electron chi connectivity index (χ4n) is 2.29. The van der Waals surface area contributed by atoms with E-state index in [1.165, 1.54) is 14.2 Å². The van der Waals surface area contributed by atoms with E-state index in [1.807, 2.05) is 0 Å². The molecule has 1 fully saturated rings. The van der Waals surface area contributed by atoms with E-state index in [-0.39, 0.29) is 19.0 Å². The first kappa shape index (κ1) is 19.9. The predicted molar refractivity (Wildman–Crippen MR) is 87.7 cm³/mol. The summed E-state index contributed by atoms with van der Waals surface area (Å²) in [5, 5.41) is 5.16. The quantitative estimate of drug-likeness (QED) is 0.776. The molecule has 1 aliphatic heterocycles. The minimum Gasteiger partial charge on any atom is -0.493 e. The summed E-state index contributed by atoms with van der Waals surface area (Å²) in [5.74, 6) is -2.20. The third kappa shape index (κ3) is 4.92. The molecule has 2 N–H and O–H groups in total. The Balaban J connectivity index is 0.00000264. The molecule has 5 nitrogen and oxygen atoms in total. The first-order valence-electron chi connectivity index (χ1n) is 6.65. The van der Waals surface area contributed by atoms with Crippen LogP contribution >= 0.6 is 28.3 Å². The van der Waals surface area contributed by atoms with Gasteiger partial charge >= 0.3 is 0 Å². The zero-order chi connectivity index (χ0) is 16.3. The lowest BCUT2D eigenvalue weighted by molar-refractivity contribution is -0.123. The van der Waals surface area contributed by atoms with E-state index in [9.17, 15) is 13.6 Å². The van der Waals surface area contributed by atoms with E-state index in [0.717, 1.165) is 5.56 Å². The Labute approximate surface area is 147 Å². The largest absolute Gasteiger partial charge is 0.493 e. The zero-order valence-electron chi connectivity index (χ0n) is 12.6. The molecule has 1 aliphatic rings. The molecule has 1 saturated heterocycles. The fourth-order valence-corrected chi connectivity index (χ4v) is 2.94. The van der Waals surface area contributed by atoms with Crippen molar-refractivity contribution in [1.82, 2.24) is 10.6 Å². The van der Waals surface area contributed by atoms with Gasteiger partial charge in [0, 0.05) is 13.0 Å². The Bertz CT molecular complexity index is 575. The number of hydrogen-bond donors (Lipinski definition) is 2. The molecule has 0 spiro atoms. The number of carbonyl (C=O) groups is 1. The van der Waals surface area contributed by atoms with Gasteiger partial charge in [-0.1, -0.05) is 0 Å². The lowest BCUT2D eigenvalue weighted by Gasteiger charge is -2.14. The monoisotopic (exact) mass is 414 g/mol. The molecular weight excluding hydrogens is 398 g/mol. The Morgan fingerprint density at radius 1 is 1.43 bits per heavy atom. The predicted octanol–water partition coefficient (Wildman–Crippen LogP) is 2.50. The van der Waals surface area contributed by atoms with Gasteiger partial charge in [0.15, 0.2) is 11.5 Å². The molecule has 0 aromatic heterocycles. The van der Waals surface area contributed by atoms with Gasteiger partial charge in [0.05, 0.1) is 31.3 Å². The highest BCUT2D eigenvalue weighted by Crippen LogP contribution is 2.36. The van der Waals surface area contributed by atoms with E-state index >= 15 is 0 Å². The SMILES string of the molecule is COc1cc(CNC(=O)C2CC(F)(F)CN2)cc(Br)c1OC.Cl. The molecular formula is C14H18BrClF2N2O3. The van der Waals surface area contributed by atoms with E-state index in [2.05, 4.69) is 26.6 Å². The lowest BCUT2D eigenvalue weighted by Crippen LogP contribution is -2.40. The molecule has 130 valence electrons. The number of methoxy groups -OCH3 is 2. The van der Waals surface area contributed by atoms with Crippen molar-refractivity contribution in [3.8, 4) is 11.5 Å². The molecule has 0 bridgehead atoms. The van der Waals surface area contributed by atoms with Crippen LogP contribution in [0.25, 0.3) is 0 Å². The molecule has 1 amide bonds. The van der Waals surface area contributed by atoms with Crippen molar-refractivity contribution in [3.05, 3.63) is 22.2 Å². The number of halogens is 4. The molecule has 1 aromatic carbocycles. The van der Waals surface area contributed by atoms with E-state index < -0.39 is 30.8 Å². The van der Waals surface area contributed by atoms with Crippen LogP contribution in [-0.2, 0) is 11.3 Å². The van der Waals surface area contributed by atoms with Crippen molar-refractivity contribution in [2.24, 2.45) is 0 Å². The first-order valence-corrected chi connectivity index (χ1v) is 7.45. The van der Waals surface area contributed by atoms with Gasteiger partial charge in [0.2, 0.25) is 5.91 Å². The van der Waals surface area contributed by atoms with Crippen LogP contribution in [0, 0.1) is 0 Å². The highest BCUT2D eigenvalue weighted by Gasteiger charge is 2.42. The van der Waals surface area contributed by atoms with Crippen LogP contribution in [0.15, 0.2) is 16.6 Å². The Kier molecular flexibility index (Phi) is 7.03. The van der Waals surface area contributed by atoms with Crippen LogP contribution in [0.4, 0.5) is 8.78 Å². The highest BCUT2D eigenvalue weighted by molar-refractivity contribution is 9.10. The van der Waals surface area contributed by atoms with E-state index in [1.54, 1.807) is 12.1 Å². The van der Waals surface area contributed by atoms with Crippen LogP contribution in [0.1, 0.15) is 12.0 Å². The minimum atomic E-state index is -2.83. The number of nitrogens with one attached hydrogen (secondary N) is 2. The second kappa shape index (κ2) is 8.12. The van der Waals surface area contributed by atoms with Crippen molar-refractivity contribution in [3.63, 3.8) is 0 Å². The maximum atomic E-state index is 13.1. The molecule has 1 heterocycles. The van der Waals surface area contributed by atoms with Crippen LogP contribution in [0.5, 0.6) is 11.5 Å². The minimum absolute atomic E-state index is 0. The Hall–Kier alpha value is -1.12. The van der Waals surface area contributed by atoms with Gasteiger partial charge in [0.1, 0.15) is 0 Å². The smallest absolute Gasteiger partial charge is 0.262 e. The van der Waals surface area contributed by atoms with Gasteiger partial charge in [-0.15, -0.1) is 12.4 Å². The van der Waals surface area contributed by atoms with Crippen molar-refractivity contribution in [2.45, 2.75) is 24.9 Å². The second-order valence-corrected chi connectivity index (χ2v) is 5.88. The summed E-state index contributed by atoms with van der Waals surface area (Å²) in [6.45, 7) is -0.255. The molecule has 0 aliphatic carbocycles. The highest BCUT2D eigenvalue weighted by atomic mass is 79.9. The molecule has 2 rings (SSSR count). The standard InChI is InChI=1S/C14H17BrF2N2O3.ClH/c1-21-11-4-8(3-9(15)12(11)22-2)6-18-13(20)10-5-14(16,17)7-19-10;/h3-4,10,19H,5-7H2,1-2H3,(H,18,20);1H. The lowest BCUT2D eigenvalue weighted by atomic mass is 10.1. The summed E-state index contributed by atoms with van der Waals surface area (Å²) in [6.07, 6.45) is -0.478. The molecule has 0 saturated carbocycles. The molecule has 9 heteroatoms. The van der Waals surface area contributed by atoms with Gasteiger partial charge in [-0.25, -0.2) is 8.78 Å². The number of ether oxygens (including phenoxy) is 2. The van der Waals surface area contributed by atoms with Crippen molar-refractivity contribution >= 4 is 34.2 Å². The summed E-state index contributed by atoms with van der Waals surface area (Å²) in [7, 11) is 3.03. The number of rotatable bonds is 5. The fraction of sp³-hybridized carbons (Fsp3) is 0.500. The number of benzene rings is 1. The summed E-state index contributed by atoms with van der Waals surface area (Å²) in [6, 6.07) is 2.64. The maximum absolute atomic E-state index is 13.1. The van der Waals surface area contributed by atoms with Gasteiger partial charge < -0.3 is 14.8 Å². The molecule has 23 heavy (non-hydrogen) atoms. The van der Waals surface area contributed by atoms with Crippen LogP contribution in [0.3, 0.4) is 0 Å². The van der Waals surface area contributed by atoms with E-state index in [0.29, 0.717) is 16.0 Å². The average molecular weight is 416 g/mol.